The third-order valence-corrected chi connectivity index (χ3v) is 7.58. The number of aromatic nitrogens is 1. The van der Waals surface area contributed by atoms with E-state index >= 15 is 0 Å². The molecule has 1 saturated carbocycles. The molecule has 1 atom stereocenters. The van der Waals surface area contributed by atoms with Gasteiger partial charge in [0.1, 0.15) is 6.04 Å². The number of rotatable bonds is 7. The number of pyridine rings is 1. The number of ether oxygens (including phenoxy) is 1. The predicted octanol–water partition coefficient (Wildman–Crippen LogP) is 6.31. The average molecular weight is 542 g/mol. The van der Waals surface area contributed by atoms with Crippen LogP contribution in [-0.4, -0.2) is 35.9 Å². The summed E-state index contributed by atoms with van der Waals surface area (Å²) in [5.41, 5.74) is 3.49. The van der Waals surface area contributed by atoms with E-state index in [1.54, 1.807) is 43.6 Å². The van der Waals surface area contributed by atoms with Gasteiger partial charge in [-0.1, -0.05) is 64.3 Å². The van der Waals surface area contributed by atoms with Crippen molar-refractivity contribution in [3.05, 3.63) is 94.8 Å². The van der Waals surface area contributed by atoms with Crippen molar-refractivity contribution in [1.29, 1.82) is 0 Å². The number of anilines is 1. The molecule has 40 heavy (non-hydrogen) atoms. The first kappa shape index (κ1) is 29.0. The molecule has 0 spiro atoms. The molecule has 210 valence electrons. The fourth-order valence-electron chi connectivity index (χ4n) is 5.21. The molecular formula is C33H39N3O4. The molecule has 3 aromatic rings. The summed E-state index contributed by atoms with van der Waals surface area (Å²) in [4.78, 5) is 46.7. The quantitative estimate of drug-likeness (QED) is 0.354. The van der Waals surface area contributed by atoms with Crippen LogP contribution in [-0.2, 0) is 14.9 Å². The van der Waals surface area contributed by atoms with E-state index in [9.17, 15) is 14.4 Å². The number of amides is 2. The maximum absolute atomic E-state index is 14.4. The number of benzene rings is 2. The molecule has 0 radical (unpaired) electrons. The van der Waals surface area contributed by atoms with E-state index in [4.69, 9.17) is 4.74 Å². The van der Waals surface area contributed by atoms with E-state index in [0.29, 0.717) is 22.4 Å². The summed E-state index contributed by atoms with van der Waals surface area (Å²) < 4.78 is 4.95. The summed E-state index contributed by atoms with van der Waals surface area (Å²) in [7, 11) is 1.31. The molecule has 1 aliphatic rings. The minimum absolute atomic E-state index is 0.0611. The van der Waals surface area contributed by atoms with Crippen molar-refractivity contribution in [2.45, 2.75) is 77.3 Å². The zero-order valence-electron chi connectivity index (χ0n) is 24.1. The number of carbonyl (C=O) groups excluding carboxylic acids is 3. The normalized spacial score (nSPS) is 14.7. The second kappa shape index (κ2) is 12.5. The van der Waals surface area contributed by atoms with Crippen LogP contribution in [0.1, 0.15) is 96.3 Å². The third kappa shape index (κ3) is 6.58. The standard InChI is InChI=1S/C33H39N3O4/c1-22-13-14-23(20-28(22)32(39)40-5)31(38)36(27-17-15-25(16-18-27)33(2,3)4)29(24-10-9-19-34-21-24)30(37)35-26-11-7-6-8-12-26/h9-10,13-21,26,29H,6-8,11-12H2,1-5H3,(H,35,37). The van der Waals surface area contributed by atoms with Gasteiger partial charge < -0.3 is 10.1 Å². The first-order valence-electron chi connectivity index (χ1n) is 13.9. The number of hydrogen-bond donors (Lipinski definition) is 1. The first-order chi connectivity index (χ1) is 19.1. The third-order valence-electron chi connectivity index (χ3n) is 7.58. The fourth-order valence-corrected chi connectivity index (χ4v) is 5.21. The summed E-state index contributed by atoms with van der Waals surface area (Å²) in [6.45, 7) is 8.17. The Morgan fingerprint density at radius 1 is 1.00 bits per heavy atom. The van der Waals surface area contributed by atoms with Crippen LogP contribution in [0.5, 0.6) is 0 Å². The molecule has 2 amide bonds. The zero-order valence-corrected chi connectivity index (χ0v) is 24.1. The van der Waals surface area contributed by atoms with Crippen LogP contribution in [0.4, 0.5) is 5.69 Å². The lowest BCUT2D eigenvalue weighted by atomic mass is 9.87. The maximum Gasteiger partial charge on any atom is 0.338 e. The van der Waals surface area contributed by atoms with E-state index in [0.717, 1.165) is 31.2 Å². The number of methoxy groups -OCH3 is 1. The van der Waals surface area contributed by atoms with Crippen LogP contribution in [0.25, 0.3) is 0 Å². The van der Waals surface area contributed by atoms with Gasteiger partial charge in [-0.25, -0.2) is 4.79 Å². The fraction of sp³-hybridized carbons (Fsp3) is 0.394. The molecule has 0 aliphatic heterocycles. The van der Waals surface area contributed by atoms with Gasteiger partial charge in [-0.15, -0.1) is 0 Å². The SMILES string of the molecule is COC(=O)c1cc(C(=O)N(c2ccc(C(C)(C)C)cc2)C(C(=O)NC2CCCCC2)c2cccnc2)ccc1C. The highest BCUT2D eigenvalue weighted by molar-refractivity contribution is 6.11. The molecule has 7 nitrogen and oxygen atoms in total. The van der Waals surface area contributed by atoms with E-state index in [-0.39, 0.29) is 22.9 Å². The van der Waals surface area contributed by atoms with Gasteiger partial charge in [0.2, 0.25) is 5.91 Å². The van der Waals surface area contributed by atoms with Crippen molar-refractivity contribution in [1.82, 2.24) is 10.3 Å². The summed E-state index contributed by atoms with van der Waals surface area (Å²) in [5.74, 6) is -1.18. The van der Waals surface area contributed by atoms with Crippen LogP contribution in [0.15, 0.2) is 67.0 Å². The number of nitrogens with zero attached hydrogens (tertiary/aromatic N) is 2. The van der Waals surface area contributed by atoms with Crippen LogP contribution >= 0.6 is 0 Å². The zero-order chi connectivity index (χ0) is 28.9. The number of hydrogen-bond acceptors (Lipinski definition) is 5. The Kier molecular flexibility index (Phi) is 9.03. The molecular weight excluding hydrogens is 502 g/mol. The Balaban J connectivity index is 1.84. The van der Waals surface area contributed by atoms with Gasteiger partial charge in [-0.3, -0.25) is 19.5 Å². The predicted molar refractivity (Wildman–Crippen MR) is 156 cm³/mol. The van der Waals surface area contributed by atoms with Gasteiger partial charge in [0.05, 0.1) is 12.7 Å². The van der Waals surface area contributed by atoms with Crippen molar-refractivity contribution in [3.8, 4) is 0 Å². The Labute approximate surface area is 237 Å². The number of esters is 1. The van der Waals surface area contributed by atoms with Crippen LogP contribution in [0, 0.1) is 6.92 Å². The lowest BCUT2D eigenvalue weighted by Gasteiger charge is -2.34. The summed E-state index contributed by atoms with van der Waals surface area (Å²) in [6, 6.07) is 15.4. The Bertz CT molecular complexity index is 1340. The molecule has 1 N–H and O–H groups in total. The monoisotopic (exact) mass is 541 g/mol. The molecule has 1 heterocycles. The molecule has 0 bridgehead atoms. The highest BCUT2D eigenvalue weighted by Gasteiger charge is 2.35. The highest BCUT2D eigenvalue weighted by Crippen LogP contribution is 2.33. The number of carbonyl (C=O) groups is 3. The van der Waals surface area contributed by atoms with Gasteiger partial charge in [-0.2, -0.15) is 0 Å². The summed E-state index contributed by atoms with van der Waals surface area (Å²) in [6.07, 6.45) is 8.41. The number of aryl methyl sites for hydroxylation is 1. The Morgan fingerprint density at radius 2 is 1.70 bits per heavy atom. The molecule has 1 unspecified atom stereocenters. The molecule has 1 fully saturated rings. The summed E-state index contributed by atoms with van der Waals surface area (Å²) >= 11 is 0. The maximum atomic E-state index is 14.4. The Hall–Kier alpha value is -4.00. The lowest BCUT2D eigenvalue weighted by Crippen LogP contribution is -2.47. The largest absolute Gasteiger partial charge is 0.465 e. The van der Waals surface area contributed by atoms with E-state index < -0.39 is 17.9 Å². The van der Waals surface area contributed by atoms with Crippen LogP contribution < -0.4 is 10.2 Å². The average Bonchev–Trinajstić information content (AvgIpc) is 2.96. The van der Waals surface area contributed by atoms with Gasteiger partial charge in [0.15, 0.2) is 0 Å². The van der Waals surface area contributed by atoms with Gasteiger partial charge in [0, 0.05) is 35.2 Å². The van der Waals surface area contributed by atoms with E-state index in [1.807, 2.05) is 30.3 Å². The topological polar surface area (TPSA) is 88.6 Å². The smallest absolute Gasteiger partial charge is 0.338 e. The minimum Gasteiger partial charge on any atom is -0.465 e. The van der Waals surface area contributed by atoms with Crippen molar-refractivity contribution in [2.75, 3.05) is 12.0 Å². The van der Waals surface area contributed by atoms with Crippen molar-refractivity contribution >= 4 is 23.5 Å². The van der Waals surface area contributed by atoms with Crippen molar-refractivity contribution < 1.29 is 19.1 Å². The first-order valence-corrected chi connectivity index (χ1v) is 13.9. The lowest BCUT2D eigenvalue weighted by molar-refractivity contribution is -0.123. The van der Waals surface area contributed by atoms with Crippen LogP contribution in [0.3, 0.4) is 0 Å². The highest BCUT2D eigenvalue weighted by atomic mass is 16.5. The molecule has 0 saturated heterocycles. The van der Waals surface area contributed by atoms with E-state index in [2.05, 4.69) is 31.1 Å². The molecule has 1 aromatic heterocycles. The van der Waals surface area contributed by atoms with Crippen molar-refractivity contribution in [3.63, 3.8) is 0 Å². The van der Waals surface area contributed by atoms with Crippen LogP contribution in [0.2, 0.25) is 0 Å². The second-order valence-electron chi connectivity index (χ2n) is 11.5. The molecule has 4 rings (SSSR count). The minimum atomic E-state index is -0.966. The van der Waals surface area contributed by atoms with Gasteiger partial charge in [-0.05, 0) is 66.6 Å². The second-order valence-corrected chi connectivity index (χ2v) is 11.5. The summed E-state index contributed by atoms with van der Waals surface area (Å²) in [5, 5.41) is 3.22. The van der Waals surface area contributed by atoms with E-state index in [1.165, 1.54) is 18.4 Å². The number of nitrogens with one attached hydrogen (secondary N) is 1. The molecule has 7 heteroatoms. The van der Waals surface area contributed by atoms with Gasteiger partial charge in [0.25, 0.3) is 5.91 Å². The molecule has 1 aliphatic carbocycles. The van der Waals surface area contributed by atoms with Crippen molar-refractivity contribution in [2.24, 2.45) is 0 Å². The molecule has 2 aromatic carbocycles. The van der Waals surface area contributed by atoms with Gasteiger partial charge >= 0.3 is 5.97 Å². The Morgan fingerprint density at radius 3 is 2.30 bits per heavy atom.